The highest BCUT2D eigenvalue weighted by Gasteiger charge is 2.39. The van der Waals surface area contributed by atoms with E-state index in [4.69, 9.17) is 5.26 Å². The van der Waals surface area contributed by atoms with Crippen LogP contribution in [-0.2, 0) is 6.54 Å². The summed E-state index contributed by atoms with van der Waals surface area (Å²) in [4.78, 5) is 16.9. The number of halogens is 1. The Kier molecular flexibility index (Phi) is 5.24. The summed E-state index contributed by atoms with van der Waals surface area (Å²) in [5.74, 6) is -0.403. The lowest BCUT2D eigenvalue weighted by molar-refractivity contribution is 0.147. The second-order valence-electron chi connectivity index (χ2n) is 7.24. The van der Waals surface area contributed by atoms with Gasteiger partial charge in [-0.1, -0.05) is 0 Å². The number of nitrogens with one attached hydrogen (secondary N) is 1. The van der Waals surface area contributed by atoms with Gasteiger partial charge in [-0.15, -0.1) is 0 Å². The largest absolute Gasteiger partial charge is 0.334 e. The van der Waals surface area contributed by atoms with E-state index >= 15 is 0 Å². The van der Waals surface area contributed by atoms with Gasteiger partial charge >= 0.3 is 6.03 Å². The molecule has 0 aromatic heterocycles. The number of nitriles is 1. The first kappa shape index (κ1) is 17.7. The quantitative estimate of drug-likeness (QED) is 0.917. The molecule has 0 spiro atoms. The van der Waals surface area contributed by atoms with Gasteiger partial charge in [0.25, 0.3) is 0 Å². The highest BCUT2D eigenvalue weighted by molar-refractivity contribution is 5.74. The lowest BCUT2D eigenvalue weighted by atomic mass is 10.1. The smallest absolute Gasteiger partial charge is 0.317 e. The Morgan fingerprint density at radius 2 is 2.12 bits per heavy atom. The molecule has 5 nitrogen and oxygen atoms in total. The topological polar surface area (TPSA) is 59.4 Å². The highest BCUT2D eigenvalue weighted by Crippen LogP contribution is 2.31. The molecule has 0 unspecified atom stereocenters. The lowest BCUT2D eigenvalue weighted by Gasteiger charge is -2.32. The minimum atomic E-state index is -0.403. The maximum atomic E-state index is 13.8. The maximum absolute atomic E-state index is 13.8. The number of rotatable bonds is 3. The minimum absolute atomic E-state index is 0.0959. The van der Waals surface area contributed by atoms with Gasteiger partial charge in [-0.2, -0.15) is 5.26 Å². The van der Waals surface area contributed by atoms with Crippen molar-refractivity contribution in [3.05, 3.63) is 35.1 Å². The van der Waals surface area contributed by atoms with E-state index in [0.29, 0.717) is 29.3 Å². The lowest BCUT2D eigenvalue weighted by Crippen LogP contribution is -2.46. The van der Waals surface area contributed by atoms with Crippen molar-refractivity contribution in [2.24, 2.45) is 0 Å². The van der Waals surface area contributed by atoms with E-state index in [9.17, 15) is 9.18 Å². The monoisotopic (exact) mass is 344 g/mol. The van der Waals surface area contributed by atoms with E-state index in [-0.39, 0.29) is 12.6 Å². The summed E-state index contributed by atoms with van der Waals surface area (Å²) in [6.45, 7) is 5.98. The van der Waals surface area contributed by atoms with Gasteiger partial charge in [-0.05, 0) is 51.3 Å². The first-order valence-corrected chi connectivity index (χ1v) is 8.98. The van der Waals surface area contributed by atoms with Crippen molar-refractivity contribution in [2.75, 3.05) is 13.1 Å². The van der Waals surface area contributed by atoms with E-state index in [2.05, 4.69) is 24.1 Å². The number of nitrogens with zero attached hydrogens (tertiary/aromatic N) is 3. The Labute approximate surface area is 148 Å². The summed E-state index contributed by atoms with van der Waals surface area (Å²) in [6.07, 6.45) is 3.33. The van der Waals surface area contributed by atoms with Crippen LogP contribution >= 0.6 is 0 Å². The van der Waals surface area contributed by atoms with Crippen LogP contribution in [-0.4, -0.2) is 47.0 Å². The molecule has 2 fully saturated rings. The first-order valence-electron chi connectivity index (χ1n) is 8.98. The van der Waals surface area contributed by atoms with Crippen LogP contribution in [0.25, 0.3) is 0 Å². The molecule has 1 N–H and O–H groups in total. The highest BCUT2D eigenvalue weighted by atomic mass is 19.1. The third kappa shape index (κ3) is 3.77. The van der Waals surface area contributed by atoms with E-state index in [1.807, 2.05) is 11.0 Å². The number of carbonyl (C=O) groups excluding carboxylic acids is 1. The Morgan fingerprint density at radius 1 is 1.36 bits per heavy atom. The number of urea groups is 1. The van der Waals surface area contributed by atoms with E-state index in [0.717, 1.165) is 25.9 Å². The van der Waals surface area contributed by atoms with E-state index in [1.165, 1.54) is 24.6 Å². The second kappa shape index (κ2) is 7.40. The first-order chi connectivity index (χ1) is 12.0. The van der Waals surface area contributed by atoms with Gasteiger partial charge in [0, 0.05) is 43.3 Å². The Balaban J connectivity index is 1.62. The SMILES string of the molecule is CC(C)N1[C@H]2CC[C@H]1CN(C(=O)NCc1cc(C#N)ccc1F)CC2. The number of amides is 2. The third-order valence-electron chi connectivity index (χ3n) is 5.33. The minimum Gasteiger partial charge on any atom is -0.334 e. The molecule has 2 atom stereocenters. The fourth-order valence-electron chi connectivity index (χ4n) is 4.20. The molecule has 25 heavy (non-hydrogen) atoms. The van der Waals surface area contributed by atoms with Crippen molar-refractivity contribution in [1.82, 2.24) is 15.1 Å². The van der Waals surface area contributed by atoms with Gasteiger partial charge in [-0.3, -0.25) is 4.90 Å². The average Bonchev–Trinajstić information content (AvgIpc) is 2.88. The number of benzene rings is 1. The van der Waals surface area contributed by atoms with Crippen LogP contribution in [0.3, 0.4) is 0 Å². The molecule has 2 amide bonds. The molecule has 3 rings (SSSR count). The standard InChI is InChI=1S/C19H25FN4O/c1-13(2)24-16-4-5-17(24)12-23(8-7-16)19(25)22-11-15-9-14(10-21)3-6-18(15)20/h3,6,9,13,16-17H,4-5,7-8,11-12H2,1-2H3,(H,22,25)/t16-,17-/m0/s1. The summed E-state index contributed by atoms with van der Waals surface area (Å²) in [5.41, 5.74) is 0.734. The van der Waals surface area contributed by atoms with Gasteiger partial charge in [0.1, 0.15) is 5.82 Å². The van der Waals surface area contributed by atoms with Gasteiger partial charge < -0.3 is 10.2 Å². The number of hydrogen-bond acceptors (Lipinski definition) is 3. The van der Waals surface area contributed by atoms with Crippen LogP contribution in [0.4, 0.5) is 9.18 Å². The molecule has 134 valence electrons. The van der Waals surface area contributed by atoms with E-state index < -0.39 is 5.82 Å². The van der Waals surface area contributed by atoms with Crippen molar-refractivity contribution in [2.45, 2.75) is 57.8 Å². The zero-order chi connectivity index (χ0) is 18.0. The number of hydrogen-bond donors (Lipinski definition) is 1. The number of carbonyl (C=O) groups is 1. The average molecular weight is 344 g/mol. The zero-order valence-corrected chi connectivity index (χ0v) is 14.8. The summed E-state index contributed by atoms with van der Waals surface area (Å²) in [6, 6.07) is 7.50. The predicted octanol–water partition coefficient (Wildman–Crippen LogP) is 2.85. The number of fused-ring (bicyclic) bond motifs is 2. The second-order valence-corrected chi connectivity index (χ2v) is 7.24. The van der Waals surface area contributed by atoms with E-state index in [1.54, 1.807) is 0 Å². The van der Waals surface area contributed by atoms with Crippen molar-refractivity contribution in [3.63, 3.8) is 0 Å². The summed E-state index contributed by atoms with van der Waals surface area (Å²) < 4.78 is 13.8. The molecule has 0 saturated carbocycles. The van der Waals surface area contributed by atoms with Crippen LogP contribution in [0.15, 0.2) is 18.2 Å². The van der Waals surface area contributed by atoms with Crippen LogP contribution in [0, 0.1) is 17.1 Å². The molecular formula is C19H25FN4O. The van der Waals surface area contributed by atoms with Crippen LogP contribution in [0.1, 0.15) is 44.2 Å². The molecule has 2 heterocycles. The fourth-order valence-corrected chi connectivity index (χ4v) is 4.20. The molecule has 0 aliphatic carbocycles. The van der Waals surface area contributed by atoms with Gasteiger partial charge in [0.2, 0.25) is 0 Å². The molecule has 2 aliphatic heterocycles. The third-order valence-corrected chi connectivity index (χ3v) is 5.33. The predicted molar refractivity (Wildman–Crippen MR) is 93.3 cm³/mol. The molecule has 6 heteroatoms. The molecule has 0 radical (unpaired) electrons. The number of likely N-dealkylation sites (tertiary alicyclic amines) is 1. The van der Waals surface area contributed by atoms with Crippen molar-refractivity contribution in [1.29, 1.82) is 5.26 Å². The molecule has 2 saturated heterocycles. The van der Waals surface area contributed by atoms with Crippen LogP contribution in [0.2, 0.25) is 0 Å². The Morgan fingerprint density at radius 3 is 2.84 bits per heavy atom. The molecular weight excluding hydrogens is 319 g/mol. The Bertz CT molecular complexity index is 684. The molecule has 1 aromatic rings. The molecule has 1 aromatic carbocycles. The van der Waals surface area contributed by atoms with Crippen molar-refractivity contribution in [3.8, 4) is 6.07 Å². The molecule has 2 aliphatic rings. The summed E-state index contributed by atoms with van der Waals surface area (Å²) in [7, 11) is 0. The Hall–Kier alpha value is -2.13. The zero-order valence-electron chi connectivity index (χ0n) is 14.8. The van der Waals surface area contributed by atoms with Crippen molar-refractivity contribution >= 4 is 6.03 Å². The van der Waals surface area contributed by atoms with Crippen LogP contribution < -0.4 is 5.32 Å². The maximum Gasteiger partial charge on any atom is 0.317 e. The fraction of sp³-hybridized carbons (Fsp3) is 0.579. The summed E-state index contributed by atoms with van der Waals surface area (Å²) >= 11 is 0. The van der Waals surface area contributed by atoms with Crippen molar-refractivity contribution < 1.29 is 9.18 Å². The van der Waals surface area contributed by atoms with Gasteiger partial charge in [0.05, 0.1) is 11.6 Å². The normalized spacial score (nSPS) is 23.4. The summed E-state index contributed by atoms with van der Waals surface area (Å²) in [5, 5.41) is 11.7. The molecule has 2 bridgehead atoms. The van der Waals surface area contributed by atoms with Gasteiger partial charge in [-0.25, -0.2) is 9.18 Å². The van der Waals surface area contributed by atoms with Gasteiger partial charge in [0.15, 0.2) is 0 Å². The van der Waals surface area contributed by atoms with Crippen LogP contribution in [0.5, 0.6) is 0 Å².